The van der Waals surface area contributed by atoms with Crippen LogP contribution >= 0.6 is 0 Å². The molecule has 122 valence electrons. The lowest BCUT2D eigenvalue weighted by atomic mass is 9.74. The minimum atomic E-state index is -0.324. The fraction of sp³-hybridized carbons (Fsp3) is 0.500. The van der Waals surface area contributed by atoms with E-state index in [0.29, 0.717) is 13.1 Å². The number of carbonyl (C=O) groups excluding carboxylic acids is 1. The van der Waals surface area contributed by atoms with Crippen molar-refractivity contribution in [2.75, 3.05) is 13.1 Å². The molecule has 2 aliphatic heterocycles. The van der Waals surface area contributed by atoms with E-state index in [2.05, 4.69) is 33.8 Å². The van der Waals surface area contributed by atoms with E-state index in [1.165, 1.54) is 0 Å². The highest BCUT2D eigenvalue weighted by molar-refractivity contribution is 6.54. The van der Waals surface area contributed by atoms with Crippen LogP contribution in [0.4, 0.5) is 0 Å². The Morgan fingerprint density at radius 3 is 2.22 bits per heavy atom. The number of hydrogen-bond donors (Lipinski definition) is 0. The third-order valence-corrected chi connectivity index (χ3v) is 5.11. The maximum Gasteiger partial charge on any atom is 0.490 e. The summed E-state index contributed by atoms with van der Waals surface area (Å²) in [6, 6.07) is 9.42. The summed E-state index contributed by atoms with van der Waals surface area (Å²) < 4.78 is 12.2. The van der Waals surface area contributed by atoms with Crippen LogP contribution in [0.5, 0.6) is 0 Å². The third-order valence-electron chi connectivity index (χ3n) is 5.11. The van der Waals surface area contributed by atoms with Crippen LogP contribution in [-0.2, 0) is 9.31 Å². The van der Waals surface area contributed by atoms with Gasteiger partial charge < -0.3 is 14.2 Å². The Morgan fingerprint density at radius 2 is 1.70 bits per heavy atom. The monoisotopic (exact) mass is 313 g/mol. The van der Waals surface area contributed by atoms with Crippen molar-refractivity contribution >= 4 is 13.0 Å². The zero-order valence-corrected chi connectivity index (χ0v) is 14.3. The molecule has 1 aromatic carbocycles. The summed E-state index contributed by atoms with van der Waals surface area (Å²) in [6.07, 6.45) is 2.86. The van der Waals surface area contributed by atoms with E-state index in [4.69, 9.17) is 9.31 Å². The smallest absolute Gasteiger partial charge is 0.400 e. The van der Waals surface area contributed by atoms with E-state index >= 15 is 0 Å². The van der Waals surface area contributed by atoms with Gasteiger partial charge in [-0.15, -0.1) is 0 Å². The molecule has 1 aromatic rings. The van der Waals surface area contributed by atoms with E-state index in [1.54, 1.807) is 0 Å². The van der Waals surface area contributed by atoms with Gasteiger partial charge in [-0.05, 0) is 51.7 Å². The van der Waals surface area contributed by atoms with Gasteiger partial charge >= 0.3 is 7.12 Å². The molecule has 23 heavy (non-hydrogen) atoms. The van der Waals surface area contributed by atoms with Gasteiger partial charge in [0.05, 0.1) is 11.2 Å². The van der Waals surface area contributed by atoms with Crippen molar-refractivity contribution in [3.05, 3.63) is 47.4 Å². The summed E-state index contributed by atoms with van der Waals surface area (Å²) >= 11 is 0. The molecule has 0 aliphatic carbocycles. The van der Waals surface area contributed by atoms with Gasteiger partial charge in [-0.1, -0.05) is 24.3 Å². The average molecular weight is 313 g/mol. The fourth-order valence-electron chi connectivity index (χ4n) is 2.84. The van der Waals surface area contributed by atoms with Crippen LogP contribution in [0.1, 0.15) is 44.5 Å². The topological polar surface area (TPSA) is 38.8 Å². The molecule has 1 amide bonds. The second-order valence-corrected chi connectivity index (χ2v) is 7.23. The molecule has 0 unspecified atom stereocenters. The summed E-state index contributed by atoms with van der Waals surface area (Å²) in [6.45, 7) is 9.53. The Labute approximate surface area is 138 Å². The standard InChI is InChI=1S/C18H24BNO3/c1-17(2)18(3,4)23-19(22-17)15-10-12-20(13-11-15)16(21)14-8-6-5-7-9-14/h5-10H,11-13H2,1-4H3. The normalized spacial score (nSPS) is 22.9. The molecule has 4 nitrogen and oxygen atoms in total. The van der Waals surface area contributed by atoms with Crippen LogP contribution in [0, 0.1) is 0 Å². The zero-order valence-electron chi connectivity index (χ0n) is 14.3. The van der Waals surface area contributed by atoms with Gasteiger partial charge in [-0.25, -0.2) is 0 Å². The lowest BCUT2D eigenvalue weighted by Gasteiger charge is -2.32. The van der Waals surface area contributed by atoms with Crippen molar-refractivity contribution in [3.8, 4) is 0 Å². The Bertz CT molecular complexity index is 608. The molecule has 5 heteroatoms. The van der Waals surface area contributed by atoms with Gasteiger partial charge in [0, 0.05) is 18.7 Å². The lowest BCUT2D eigenvalue weighted by molar-refractivity contribution is 0.00578. The first kappa shape index (κ1) is 16.3. The predicted octanol–water partition coefficient (Wildman–Crippen LogP) is 3.09. The molecule has 3 rings (SSSR count). The Kier molecular flexibility index (Phi) is 4.11. The van der Waals surface area contributed by atoms with E-state index in [-0.39, 0.29) is 24.2 Å². The van der Waals surface area contributed by atoms with Crippen molar-refractivity contribution < 1.29 is 14.1 Å². The average Bonchev–Trinajstić information content (AvgIpc) is 2.76. The number of benzene rings is 1. The lowest BCUT2D eigenvalue weighted by Crippen LogP contribution is -2.41. The number of carbonyl (C=O) groups is 1. The van der Waals surface area contributed by atoms with E-state index in [9.17, 15) is 4.79 Å². The first-order valence-electron chi connectivity index (χ1n) is 8.19. The third kappa shape index (κ3) is 3.08. The Morgan fingerprint density at radius 1 is 1.09 bits per heavy atom. The zero-order chi connectivity index (χ0) is 16.7. The van der Waals surface area contributed by atoms with Crippen molar-refractivity contribution in [3.63, 3.8) is 0 Å². The van der Waals surface area contributed by atoms with Crippen molar-refractivity contribution in [2.45, 2.75) is 45.3 Å². The minimum absolute atomic E-state index is 0.0785. The van der Waals surface area contributed by atoms with Gasteiger partial charge in [0.2, 0.25) is 0 Å². The second-order valence-electron chi connectivity index (χ2n) is 7.23. The quantitative estimate of drug-likeness (QED) is 0.788. The van der Waals surface area contributed by atoms with Crippen molar-refractivity contribution in [1.29, 1.82) is 0 Å². The van der Waals surface area contributed by atoms with E-state index < -0.39 is 0 Å². The molecular formula is C18H24BNO3. The molecule has 0 saturated carbocycles. The SMILES string of the molecule is CC1(C)OB(C2=CCN(C(=O)c3ccccc3)CC2)OC1(C)C. The molecule has 0 radical (unpaired) electrons. The van der Waals surface area contributed by atoms with Crippen LogP contribution in [0.2, 0.25) is 0 Å². The van der Waals surface area contributed by atoms with Gasteiger partial charge in [0.25, 0.3) is 5.91 Å². The second kappa shape index (κ2) is 5.80. The summed E-state index contributed by atoms with van der Waals surface area (Å²) in [4.78, 5) is 14.3. The molecular weight excluding hydrogens is 289 g/mol. The van der Waals surface area contributed by atoms with Crippen molar-refractivity contribution in [1.82, 2.24) is 4.90 Å². The molecule has 0 atom stereocenters. The van der Waals surface area contributed by atoms with Crippen molar-refractivity contribution in [2.24, 2.45) is 0 Å². The largest absolute Gasteiger partial charge is 0.490 e. The first-order chi connectivity index (χ1) is 10.8. The molecule has 1 saturated heterocycles. The fourth-order valence-corrected chi connectivity index (χ4v) is 2.84. The molecule has 0 N–H and O–H groups in total. The Hall–Kier alpha value is -1.59. The molecule has 1 fully saturated rings. The van der Waals surface area contributed by atoms with Crippen LogP contribution in [0.3, 0.4) is 0 Å². The highest BCUT2D eigenvalue weighted by atomic mass is 16.7. The summed E-state index contributed by atoms with van der Waals surface area (Å²) in [5.41, 5.74) is 1.23. The van der Waals surface area contributed by atoms with Crippen LogP contribution in [-0.4, -0.2) is 42.2 Å². The number of amides is 1. The van der Waals surface area contributed by atoms with Crippen LogP contribution in [0.25, 0.3) is 0 Å². The van der Waals surface area contributed by atoms with E-state index in [1.807, 2.05) is 35.2 Å². The highest BCUT2D eigenvalue weighted by Crippen LogP contribution is 2.39. The highest BCUT2D eigenvalue weighted by Gasteiger charge is 2.52. The number of rotatable bonds is 2. The van der Waals surface area contributed by atoms with Crippen LogP contribution in [0.15, 0.2) is 41.9 Å². The molecule has 2 heterocycles. The summed E-state index contributed by atoms with van der Waals surface area (Å²) in [5, 5.41) is 0. The summed E-state index contributed by atoms with van der Waals surface area (Å²) in [7, 11) is -0.297. The maximum atomic E-state index is 12.5. The van der Waals surface area contributed by atoms with Crippen LogP contribution < -0.4 is 0 Å². The summed E-state index contributed by atoms with van der Waals surface area (Å²) in [5.74, 6) is 0.0785. The molecule has 0 spiro atoms. The van der Waals surface area contributed by atoms with Gasteiger partial charge in [0.15, 0.2) is 0 Å². The number of nitrogens with zero attached hydrogens (tertiary/aromatic N) is 1. The molecule has 2 aliphatic rings. The molecule has 0 aromatic heterocycles. The molecule has 0 bridgehead atoms. The van der Waals surface area contributed by atoms with Gasteiger partial charge in [-0.3, -0.25) is 4.79 Å². The minimum Gasteiger partial charge on any atom is -0.400 e. The Balaban J connectivity index is 1.67. The number of hydrogen-bond acceptors (Lipinski definition) is 3. The van der Waals surface area contributed by atoms with Gasteiger partial charge in [-0.2, -0.15) is 0 Å². The van der Waals surface area contributed by atoms with Gasteiger partial charge in [0.1, 0.15) is 0 Å². The maximum absolute atomic E-state index is 12.5. The predicted molar refractivity (Wildman–Crippen MR) is 91.1 cm³/mol. The first-order valence-corrected chi connectivity index (χ1v) is 8.19. The van der Waals surface area contributed by atoms with E-state index in [0.717, 1.165) is 17.5 Å².